The molecule has 0 radical (unpaired) electrons. The number of H-pyrrole nitrogens is 1. The van der Waals surface area contributed by atoms with Crippen LogP contribution in [0.2, 0.25) is 0 Å². The minimum atomic E-state index is -0.516. The molecule has 3 rings (SSSR count). The number of amides is 1. The van der Waals surface area contributed by atoms with E-state index in [9.17, 15) is 14.4 Å². The molecule has 0 aliphatic carbocycles. The quantitative estimate of drug-likeness (QED) is 0.604. The van der Waals surface area contributed by atoms with Crippen molar-refractivity contribution in [3.05, 3.63) is 73.8 Å². The molecule has 0 aliphatic heterocycles. The van der Waals surface area contributed by atoms with Gasteiger partial charge >= 0.3 is 5.69 Å². The summed E-state index contributed by atoms with van der Waals surface area (Å²) in [6.07, 6.45) is 0.144. The molecule has 3 aromatic rings. The number of nitrogens with one attached hydrogen (secondary N) is 1. The minimum absolute atomic E-state index is 0.110. The highest BCUT2D eigenvalue weighted by molar-refractivity contribution is 9.10. The molecule has 1 aromatic heterocycles. The molecule has 28 heavy (non-hydrogen) atoms. The first-order chi connectivity index (χ1) is 13.5. The SMILES string of the molecule is CN(CCOc1ccc(Br)cc1)C(=O)CCn1c(=O)[nH]c(=O)c2ccccc21. The van der Waals surface area contributed by atoms with Gasteiger partial charge in [0, 0.05) is 24.5 Å². The highest BCUT2D eigenvalue weighted by Crippen LogP contribution is 2.16. The van der Waals surface area contributed by atoms with Crippen molar-refractivity contribution in [3.63, 3.8) is 0 Å². The number of hydrogen-bond donors (Lipinski definition) is 1. The first kappa shape index (κ1) is 19.9. The molecular weight excluding hydrogens is 426 g/mol. The molecule has 0 spiro atoms. The summed E-state index contributed by atoms with van der Waals surface area (Å²) in [5, 5.41) is 0.422. The van der Waals surface area contributed by atoms with Crippen molar-refractivity contribution in [2.24, 2.45) is 0 Å². The molecule has 0 saturated carbocycles. The number of aromatic nitrogens is 2. The van der Waals surface area contributed by atoms with Crippen molar-refractivity contribution in [2.75, 3.05) is 20.2 Å². The fourth-order valence-corrected chi connectivity index (χ4v) is 3.08. The van der Waals surface area contributed by atoms with Crippen molar-refractivity contribution in [3.8, 4) is 5.75 Å². The van der Waals surface area contributed by atoms with Gasteiger partial charge in [-0.2, -0.15) is 0 Å². The Balaban J connectivity index is 1.58. The normalized spacial score (nSPS) is 10.8. The van der Waals surface area contributed by atoms with E-state index in [0.29, 0.717) is 24.1 Å². The number of fused-ring (bicyclic) bond motifs is 1. The number of aromatic amines is 1. The fraction of sp³-hybridized carbons (Fsp3) is 0.250. The van der Waals surface area contributed by atoms with E-state index in [2.05, 4.69) is 20.9 Å². The van der Waals surface area contributed by atoms with Crippen molar-refractivity contribution in [2.45, 2.75) is 13.0 Å². The van der Waals surface area contributed by atoms with Gasteiger partial charge in [0.2, 0.25) is 5.91 Å². The highest BCUT2D eigenvalue weighted by atomic mass is 79.9. The van der Waals surface area contributed by atoms with Crippen molar-refractivity contribution < 1.29 is 9.53 Å². The van der Waals surface area contributed by atoms with Crippen LogP contribution in [0.1, 0.15) is 6.42 Å². The number of likely N-dealkylation sites (N-methyl/N-ethyl adjacent to an activating group) is 1. The smallest absolute Gasteiger partial charge is 0.328 e. The summed E-state index contributed by atoms with van der Waals surface area (Å²) in [6.45, 7) is 0.981. The lowest BCUT2D eigenvalue weighted by atomic mass is 10.2. The molecule has 7 nitrogen and oxygen atoms in total. The molecule has 8 heteroatoms. The third-order valence-electron chi connectivity index (χ3n) is 4.39. The molecule has 1 heterocycles. The summed E-state index contributed by atoms with van der Waals surface area (Å²) < 4.78 is 8.01. The van der Waals surface area contributed by atoms with E-state index < -0.39 is 11.2 Å². The van der Waals surface area contributed by atoms with E-state index in [-0.39, 0.29) is 18.9 Å². The maximum absolute atomic E-state index is 12.4. The molecule has 1 N–H and O–H groups in total. The largest absolute Gasteiger partial charge is 0.492 e. The third-order valence-corrected chi connectivity index (χ3v) is 4.92. The van der Waals surface area contributed by atoms with Crippen LogP contribution < -0.4 is 16.0 Å². The van der Waals surface area contributed by atoms with Crippen LogP contribution in [-0.2, 0) is 11.3 Å². The second kappa shape index (κ2) is 8.88. The van der Waals surface area contributed by atoms with Gasteiger partial charge in [0.05, 0.1) is 17.4 Å². The lowest BCUT2D eigenvalue weighted by molar-refractivity contribution is -0.130. The number of halogens is 1. The van der Waals surface area contributed by atoms with E-state index >= 15 is 0 Å². The molecule has 0 fully saturated rings. The Labute approximate surface area is 169 Å². The Morgan fingerprint density at radius 1 is 1.14 bits per heavy atom. The van der Waals surface area contributed by atoms with Crippen molar-refractivity contribution in [1.82, 2.24) is 14.5 Å². The molecule has 0 atom stereocenters. The van der Waals surface area contributed by atoms with Crippen molar-refractivity contribution in [1.29, 1.82) is 0 Å². The average molecular weight is 446 g/mol. The average Bonchev–Trinajstić information content (AvgIpc) is 2.69. The fourth-order valence-electron chi connectivity index (χ4n) is 2.82. The number of ether oxygens (including phenoxy) is 1. The van der Waals surface area contributed by atoms with Crippen LogP contribution in [0, 0.1) is 0 Å². The van der Waals surface area contributed by atoms with Gasteiger partial charge in [0.15, 0.2) is 0 Å². The zero-order valence-electron chi connectivity index (χ0n) is 15.4. The first-order valence-electron chi connectivity index (χ1n) is 8.80. The van der Waals surface area contributed by atoms with Crippen LogP contribution in [0.4, 0.5) is 0 Å². The van der Waals surface area contributed by atoms with Gasteiger partial charge in [0.1, 0.15) is 12.4 Å². The summed E-state index contributed by atoms with van der Waals surface area (Å²) in [4.78, 5) is 40.3. The molecular formula is C20H20BrN3O4. The van der Waals surface area contributed by atoms with Crippen LogP contribution in [0.25, 0.3) is 10.9 Å². The topological polar surface area (TPSA) is 84.4 Å². The van der Waals surface area contributed by atoms with Crippen LogP contribution in [0.3, 0.4) is 0 Å². The van der Waals surface area contributed by atoms with Crippen LogP contribution >= 0.6 is 15.9 Å². The second-order valence-corrected chi connectivity index (χ2v) is 7.21. The molecule has 0 aliphatic rings. The van der Waals surface area contributed by atoms with Crippen LogP contribution in [0.15, 0.2) is 62.6 Å². The van der Waals surface area contributed by atoms with Crippen molar-refractivity contribution >= 4 is 32.7 Å². The summed E-state index contributed by atoms with van der Waals surface area (Å²) in [6, 6.07) is 14.3. The Bertz CT molecular complexity index is 1090. The van der Waals surface area contributed by atoms with Gasteiger partial charge in [-0.25, -0.2) is 4.79 Å². The lowest BCUT2D eigenvalue weighted by Crippen LogP contribution is -2.34. The number of rotatable bonds is 7. The standard InChI is InChI=1S/C20H20BrN3O4/c1-23(12-13-28-15-8-6-14(21)7-9-15)18(25)10-11-24-17-5-3-2-4-16(17)19(26)22-20(24)27/h2-9H,10-13H2,1H3,(H,22,26,27). The van der Waals surface area contributed by atoms with Gasteiger partial charge in [-0.05, 0) is 36.4 Å². The number of carbonyl (C=O) groups is 1. The number of nitrogens with zero attached hydrogens (tertiary/aromatic N) is 2. The van der Waals surface area contributed by atoms with E-state index in [1.54, 1.807) is 36.2 Å². The molecule has 0 saturated heterocycles. The Morgan fingerprint density at radius 2 is 1.86 bits per heavy atom. The zero-order valence-corrected chi connectivity index (χ0v) is 16.9. The van der Waals surface area contributed by atoms with Crippen LogP contribution in [0.5, 0.6) is 5.75 Å². The molecule has 146 valence electrons. The lowest BCUT2D eigenvalue weighted by Gasteiger charge is -2.18. The molecule has 0 unspecified atom stereocenters. The van der Waals surface area contributed by atoms with E-state index in [1.165, 1.54) is 4.57 Å². The zero-order chi connectivity index (χ0) is 20.1. The Morgan fingerprint density at radius 3 is 2.61 bits per heavy atom. The maximum atomic E-state index is 12.4. The predicted octanol–water partition coefficient (Wildman–Crippen LogP) is 2.38. The summed E-state index contributed by atoms with van der Waals surface area (Å²) >= 11 is 3.36. The van der Waals surface area contributed by atoms with E-state index in [1.807, 2.05) is 24.3 Å². The molecule has 2 aromatic carbocycles. The number of hydrogen-bond acceptors (Lipinski definition) is 4. The highest BCUT2D eigenvalue weighted by Gasteiger charge is 2.12. The Kier molecular flexibility index (Phi) is 6.30. The summed E-state index contributed by atoms with van der Waals surface area (Å²) in [5.74, 6) is 0.622. The number of benzene rings is 2. The van der Waals surface area contributed by atoms with Gasteiger partial charge in [-0.15, -0.1) is 0 Å². The van der Waals surface area contributed by atoms with Gasteiger partial charge in [0.25, 0.3) is 5.56 Å². The monoisotopic (exact) mass is 445 g/mol. The van der Waals surface area contributed by atoms with E-state index in [0.717, 1.165) is 10.2 Å². The minimum Gasteiger partial charge on any atom is -0.492 e. The predicted molar refractivity (Wildman–Crippen MR) is 111 cm³/mol. The van der Waals surface area contributed by atoms with Gasteiger partial charge < -0.3 is 9.64 Å². The second-order valence-electron chi connectivity index (χ2n) is 6.30. The molecule has 0 bridgehead atoms. The third kappa shape index (κ3) is 4.69. The first-order valence-corrected chi connectivity index (χ1v) is 9.59. The molecule has 1 amide bonds. The maximum Gasteiger partial charge on any atom is 0.328 e. The van der Waals surface area contributed by atoms with E-state index in [4.69, 9.17) is 4.74 Å². The summed E-state index contributed by atoms with van der Waals surface area (Å²) in [5.41, 5.74) is -0.423. The summed E-state index contributed by atoms with van der Waals surface area (Å²) in [7, 11) is 1.70. The number of carbonyl (C=O) groups excluding carboxylic acids is 1. The number of aryl methyl sites for hydroxylation is 1. The van der Waals surface area contributed by atoms with Gasteiger partial charge in [-0.3, -0.25) is 19.1 Å². The Hall–Kier alpha value is -2.87. The van der Waals surface area contributed by atoms with Crippen LogP contribution in [-0.4, -0.2) is 40.6 Å². The number of para-hydroxylation sites is 1. The van der Waals surface area contributed by atoms with Gasteiger partial charge in [-0.1, -0.05) is 28.1 Å².